The van der Waals surface area contributed by atoms with Gasteiger partial charge in [-0.15, -0.1) is 0 Å². The van der Waals surface area contributed by atoms with E-state index in [0.717, 1.165) is 26.1 Å². The molecule has 6 heteroatoms. The molecular formula is C19H30N4O2. The van der Waals surface area contributed by atoms with Crippen molar-refractivity contribution in [3.63, 3.8) is 0 Å². The summed E-state index contributed by atoms with van der Waals surface area (Å²) in [6.07, 6.45) is 3.66. The van der Waals surface area contributed by atoms with Gasteiger partial charge in [0.15, 0.2) is 0 Å². The van der Waals surface area contributed by atoms with Crippen molar-refractivity contribution in [2.24, 2.45) is 5.92 Å². The summed E-state index contributed by atoms with van der Waals surface area (Å²) >= 11 is 0. The van der Waals surface area contributed by atoms with Gasteiger partial charge in [-0.3, -0.25) is 4.79 Å². The quantitative estimate of drug-likeness (QED) is 0.831. The van der Waals surface area contributed by atoms with Gasteiger partial charge in [0.05, 0.1) is 0 Å². The number of amides is 3. The van der Waals surface area contributed by atoms with E-state index in [0.29, 0.717) is 23.7 Å². The van der Waals surface area contributed by atoms with Gasteiger partial charge in [-0.25, -0.2) is 4.79 Å². The predicted molar refractivity (Wildman–Crippen MR) is 102 cm³/mol. The Morgan fingerprint density at radius 2 is 2.00 bits per heavy atom. The first-order chi connectivity index (χ1) is 12.0. The SMILES string of the molecule is CCCC(=O)Nc1cccc(NC(=O)N(C)CC2CCCN(C)C2)c1. The van der Waals surface area contributed by atoms with Crippen LogP contribution in [-0.2, 0) is 4.79 Å². The van der Waals surface area contributed by atoms with Crippen molar-refractivity contribution in [1.82, 2.24) is 9.80 Å². The summed E-state index contributed by atoms with van der Waals surface area (Å²) in [5, 5.41) is 5.76. The van der Waals surface area contributed by atoms with Crippen molar-refractivity contribution < 1.29 is 9.59 Å². The van der Waals surface area contributed by atoms with Crippen LogP contribution in [0.2, 0.25) is 0 Å². The molecule has 1 aliphatic rings. The molecule has 1 saturated heterocycles. The molecule has 0 spiro atoms. The lowest BCUT2D eigenvalue weighted by molar-refractivity contribution is -0.116. The van der Waals surface area contributed by atoms with E-state index < -0.39 is 0 Å². The van der Waals surface area contributed by atoms with Crippen LogP contribution in [0.5, 0.6) is 0 Å². The largest absolute Gasteiger partial charge is 0.327 e. The van der Waals surface area contributed by atoms with Gasteiger partial charge in [-0.1, -0.05) is 13.0 Å². The Balaban J connectivity index is 1.87. The third kappa shape index (κ3) is 6.38. The van der Waals surface area contributed by atoms with E-state index in [1.54, 1.807) is 11.0 Å². The van der Waals surface area contributed by atoms with E-state index in [1.807, 2.05) is 32.2 Å². The molecule has 1 unspecified atom stereocenters. The van der Waals surface area contributed by atoms with Crippen LogP contribution in [-0.4, -0.2) is 55.5 Å². The molecule has 1 aromatic carbocycles. The Hall–Kier alpha value is -2.08. The van der Waals surface area contributed by atoms with Crippen LogP contribution in [0.15, 0.2) is 24.3 Å². The lowest BCUT2D eigenvalue weighted by atomic mass is 9.98. The number of benzene rings is 1. The van der Waals surface area contributed by atoms with Gasteiger partial charge in [0.25, 0.3) is 0 Å². The van der Waals surface area contributed by atoms with Crippen molar-refractivity contribution in [3.8, 4) is 0 Å². The smallest absolute Gasteiger partial charge is 0.321 e. The van der Waals surface area contributed by atoms with Gasteiger partial charge in [0, 0.05) is 37.9 Å². The van der Waals surface area contributed by atoms with E-state index in [9.17, 15) is 9.59 Å². The van der Waals surface area contributed by atoms with E-state index in [2.05, 4.69) is 22.6 Å². The number of anilines is 2. The summed E-state index contributed by atoms with van der Waals surface area (Å²) in [4.78, 5) is 28.2. The van der Waals surface area contributed by atoms with Gasteiger partial charge in [-0.05, 0) is 57.0 Å². The minimum absolute atomic E-state index is 0.00971. The third-order valence-corrected chi connectivity index (χ3v) is 4.48. The van der Waals surface area contributed by atoms with E-state index in [4.69, 9.17) is 0 Å². The predicted octanol–water partition coefficient (Wildman–Crippen LogP) is 3.23. The Morgan fingerprint density at radius 3 is 2.68 bits per heavy atom. The Bertz CT molecular complexity index is 591. The maximum atomic E-state index is 12.4. The van der Waals surface area contributed by atoms with Crippen LogP contribution in [0.3, 0.4) is 0 Å². The lowest BCUT2D eigenvalue weighted by Crippen LogP contribution is -2.41. The minimum atomic E-state index is -0.120. The maximum Gasteiger partial charge on any atom is 0.321 e. The van der Waals surface area contributed by atoms with Crippen molar-refractivity contribution in [2.45, 2.75) is 32.6 Å². The van der Waals surface area contributed by atoms with E-state index in [-0.39, 0.29) is 11.9 Å². The molecular weight excluding hydrogens is 316 g/mol. The molecule has 3 amide bonds. The number of urea groups is 1. The Labute approximate surface area is 150 Å². The summed E-state index contributed by atoms with van der Waals surface area (Å²) in [6.45, 7) is 4.90. The van der Waals surface area contributed by atoms with Crippen LogP contribution >= 0.6 is 0 Å². The number of likely N-dealkylation sites (tertiary alicyclic amines) is 1. The average Bonchev–Trinajstić information content (AvgIpc) is 2.55. The molecule has 1 aromatic rings. The van der Waals surface area contributed by atoms with Gasteiger partial charge in [0.1, 0.15) is 0 Å². The van der Waals surface area contributed by atoms with Gasteiger partial charge >= 0.3 is 6.03 Å². The normalized spacial score (nSPS) is 17.8. The van der Waals surface area contributed by atoms with Crippen molar-refractivity contribution in [3.05, 3.63) is 24.3 Å². The first kappa shape index (κ1) is 19.2. The van der Waals surface area contributed by atoms with Gasteiger partial charge in [-0.2, -0.15) is 0 Å². The second kappa shape index (κ2) is 9.42. The number of nitrogens with zero attached hydrogens (tertiary/aromatic N) is 2. The molecule has 2 N–H and O–H groups in total. The number of hydrogen-bond donors (Lipinski definition) is 2. The minimum Gasteiger partial charge on any atom is -0.327 e. The highest BCUT2D eigenvalue weighted by atomic mass is 16.2. The molecule has 1 heterocycles. The van der Waals surface area contributed by atoms with Crippen LogP contribution < -0.4 is 10.6 Å². The number of nitrogens with one attached hydrogen (secondary N) is 2. The fourth-order valence-corrected chi connectivity index (χ4v) is 3.24. The Morgan fingerprint density at radius 1 is 1.28 bits per heavy atom. The van der Waals surface area contributed by atoms with Crippen molar-refractivity contribution in [2.75, 3.05) is 44.4 Å². The lowest BCUT2D eigenvalue weighted by Gasteiger charge is -2.32. The van der Waals surface area contributed by atoms with Crippen LogP contribution in [0.1, 0.15) is 32.6 Å². The van der Waals surface area contributed by atoms with Crippen molar-refractivity contribution in [1.29, 1.82) is 0 Å². The molecule has 0 aromatic heterocycles. The molecule has 138 valence electrons. The molecule has 25 heavy (non-hydrogen) atoms. The fraction of sp³-hybridized carbons (Fsp3) is 0.579. The highest BCUT2D eigenvalue weighted by molar-refractivity contribution is 5.93. The number of carbonyl (C=O) groups excluding carboxylic acids is 2. The topological polar surface area (TPSA) is 64.7 Å². The highest BCUT2D eigenvalue weighted by Crippen LogP contribution is 2.18. The van der Waals surface area contributed by atoms with Gasteiger partial charge < -0.3 is 20.4 Å². The number of rotatable bonds is 6. The zero-order valence-electron chi connectivity index (χ0n) is 15.5. The molecule has 0 aliphatic carbocycles. The first-order valence-electron chi connectivity index (χ1n) is 9.08. The number of hydrogen-bond acceptors (Lipinski definition) is 3. The zero-order valence-corrected chi connectivity index (χ0v) is 15.5. The molecule has 1 fully saturated rings. The van der Waals surface area contributed by atoms with Gasteiger partial charge in [0.2, 0.25) is 5.91 Å². The van der Waals surface area contributed by atoms with Crippen molar-refractivity contribution >= 4 is 23.3 Å². The second-order valence-electron chi connectivity index (χ2n) is 6.96. The van der Waals surface area contributed by atoms with Crippen LogP contribution in [0.25, 0.3) is 0 Å². The molecule has 0 saturated carbocycles. The molecule has 2 rings (SSSR count). The molecule has 0 radical (unpaired) electrons. The molecule has 1 aliphatic heterocycles. The zero-order chi connectivity index (χ0) is 18.2. The number of piperidine rings is 1. The standard InChI is InChI=1S/C19H30N4O2/c1-4-7-18(24)20-16-9-5-10-17(12-16)21-19(25)23(3)14-15-8-6-11-22(2)13-15/h5,9-10,12,15H,4,6-8,11,13-14H2,1-3H3,(H,20,24)(H,21,25). The average molecular weight is 346 g/mol. The number of carbonyl (C=O) groups is 2. The summed E-state index contributed by atoms with van der Waals surface area (Å²) in [7, 11) is 3.96. The molecule has 0 bridgehead atoms. The molecule has 6 nitrogen and oxygen atoms in total. The van der Waals surface area contributed by atoms with E-state index >= 15 is 0 Å². The highest BCUT2D eigenvalue weighted by Gasteiger charge is 2.20. The van der Waals surface area contributed by atoms with Crippen LogP contribution in [0.4, 0.5) is 16.2 Å². The fourth-order valence-electron chi connectivity index (χ4n) is 3.24. The Kier molecular flexibility index (Phi) is 7.25. The second-order valence-corrected chi connectivity index (χ2v) is 6.96. The summed E-state index contributed by atoms with van der Waals surface area (Å²) in [6, 6.07) is 7.15. The summed E-state index contributed by atoms with van der Waals surface area (Å²) in [5.41, 5.74) is 1.39. The monoisotopic (exact) mass is 346 g/mol. The van der Waals surface area contributed by atoms with E-state index in [1.165, 1.54) is 12.8 Å². The summed E-state index contributed by atoms with van der Waals surface area (Å²) in [5.74, 6) is 0.513. The molecule has 1 atom stereocenters. The maximum absolute atomic E-state index is 12.4. The summed E-state index contributed by atoms with van der Waals surface area (Å²) < 4.78 is 0. The van der Waals surface area contributed by atoms with Crippen LogP contribution in [0, 0.1) is 5.92 Å². The first-order valence-corrected chi connectivity index (χ1v) is 9.08. The third-order valence-electron chi connectivity index (χ3n) is 4.48.